The predicted molar refractivity (Wildman–Crippen MR) is 109 cm³/mol. The molecule has 8 heteroatoms. The minimum Gasteiger partial charge on any atom is -0.479 e. The summed E-state index contributed by atoms with van der Waals surface area (Å²) in [5.74, 6) is -1.19. The lowest BCUT2D eigenvalue weighted by Crippen LogP contribution is -2.59. The molecule has 30 heavy (non-hydrogen) atoms. The Morgan fingerprint density at radius 2 is 1.83 bits per heavy atom. The first-order valence-electron chi connectivity index (χ1n) is 9.31. The Balaban J connectivity index is 1.66. The van der Waals surface area contributed by atoms with Gasteiger partial charge in [-0.15, -0.1) is 0 Å². The first kappa shape index (κ1) is 20.9. The van der Waals surface area contributed by atoms with Crippen molar-refractivity contribution in [3.05, 3.63) is 54.1 Å². The third-order valence-corrected chi connectivity index (χ3v) is 4.72. The van der Waals surface area contributed by atoms with Crippen molar-refractivity contribution in [1.82, 2.24) is 0 Å². The highest BCUT2D eigenvalue weighted by Gasteiger charge is 2.43. The highest BCUT2D eigenvalue weighted by atomic mass is 16.6. The number of amides is 2. The molecule has 0 spiro atoms. The van der Waals surface area contributed by atoms with E-state index < -0.39 is 30.1 Å². The van der Waals surface area contributed by atoms with Crippen molar-refractivity contribution in [3.63, 3.8) is 0 Å². The highest BCUT2D eigenvalue weighted by molar-refractivity contribution is 6.14. The van der Waals surface area contributed by atoms with Crippen molar-refractivity contribution in [2.45, 2.75) is 32.4 Å². The predicted octanol–water partition coefficient (Wildman–Crippen LogP) is 2.63. The summed E-state index contributed by atoms with van der Waals surface area (Å²) in [6, 6.07) is 15.2. The van der Waals surface area contributed by atoms with Crippen molar-refractivity contribution in [2.24, 2.45) is 0 Å². The lowest BCUT2D eigenvalue weighted by molar-refractivity contribution is -0.154. The SMILES string of the molecule is C[C@@H](Oc1ccc(C#N)cc1)C(=O)OCC(=O)N1c2ccccc2NC(=O)C1(C)C. The minimum absolute atomic E-state index is 0.335. The van der Waals surface area contributed by atoms with Crippen molar-refractivity contribution in [3.8, 4) is 11.8 Å². The molecule has 0 fully saturated rings. The van der Waals surface area contributed by atoms with Gasteiger partial charge in [0.15, 0.2) is 12.7 Å². The van der Waals surface area contributed by atoms with Gasteiger partial charge in [0.1, 0.15) is 11.3 Å². The van der Waals surface area contributed by atoms with Gasteiger partial charge in [0.2, 0.25) is 5.91 Å². The second-order valence-corrected chi connectivity index (χ2v) is 7.26. The fourth-order valence-electron chi connectivity index (χ4n) is 3.07. The van der Waals surface area contributed by atoms with Crippen LogP contribution < -0.4 is 15.0 Å². The number of nitrogens with zero attached hydrogens (tertiary/aromatic N) is 2. The van der Waals surface area contributed by atoms with Gasteiger partial charge in [-0.05, 0) is 57.2 Å². The van der Waals surface area contributed by atoms with Gasteiger partial charge in [-0.3, -0.25) is 14.5 Å². The topological polar surface area (TPSA) is 109 Å². The van der Waals surface area contributed by atoms with Crippen LogP contribution in [0.3, 0.4) is 0 Å². The van der Waals surface area contributed by atoms with Crippen molar-refractivity contribution in [1.29, 1.82) is 5.26 Å². The first-order valence-corrected chi connectivity index (χ1v) is 9.31. The number of benzene rings is 2. The molecular weight excluding hydrogens is 386 g/mol. The van der Waals surface area contributed by atoms with Crippen LogP contribution in [0.5, 0.6) is 5.75 Å². The van der Waals surface area contributed by atoms with Crippen LogP contribution in [0.2, 0.25) is 0 Å². The Morgan fingerprint density at radius 1 is 1.17 bits per heavy atom. The molecule has 0 radical (unpaired) electrons. The molecule has 154 valence electrons. The molecule has 0 bridgehead atoms. The summed E-state index contributed by atoms with van der Waals surface area (Å²) in [4.78, 5) is 38.9. The van der Waals surface area contributed by atoms with Gasteiger partial charge in [0.25, 0.3) is 5.91 Å². The molecule has 3 rings (SSSR count). The number of hydrogen-bond donors (Lipinski definition) is 1. The van der Waals surface area contributed by atoms with Gasteiger partial charge in [-0.1, -0.05) is 12.1 Å². The summed E-state index contributed by atoms with van der Waals surface area (Å²) in [6.07, 6.45) is -0.962. The van der Waals surface area contributed by atoms with Crippen LogP contribution in [0.1, 0.15) is 26.3 Å². The number of ether oxygens (including phenoxy) is 2. The van der Waals surface area contributed by atoms with E-state index in [1.807, 2.05) is 6.07 Å². The molecule has 0 unspecified atom stereocenters. The van der Waals surface area contributed by atoms with Crippen LogP contribution in [0, 0.1) is 11.3 Å². The summed E-state index contributed by atoms with van der Waals surface area (Å²) in [5, 5.41) is 11.6. The summed E-state index contributed by atoms with van der Waals surface area (Å²) in [6.45, 7) is 4.20. The summed E-state index contributed by atoms with van der Waals surface area (Å²) in [5.41, 5.74) is 0.364. The number of para-hydroxylation sites is 2. The van der Waals surface area contributed by atoms with Crippen LogP contribution in [0.15, 0.2) is 48.5 Å². The zero-order valence-electron chi connectivity index (χ0n) is 16.8. The van der Waals surface area contributed by atoms with Gasteiger partial charge in [0.05, 0.1) is 23.0 Å². The standard InChI is InChI=1S/C22H21N3O5/c1-14(30-16-10-8-15(12-23)9-11-16)20(27)29-13-19(26)25-18-7-5-4-6-17(18)24-21(28)22(25,2)3/h4-11,14H,13H2,1-3H3,(H,24,28)/t14-/m1/s1. The summed E-state index contributed by atoms with van der Waals surface area (Å²) < 4.78 is 10.6. The third-order valence-electron chi connectivity index (χ3n) is 4.72. The molecule has 2 aromatic carbocycles. The number of nitriles is 1. The molecule has 0 aliphatic carbocycles. The van der Waals surface area contributed by atoms with E-state index >= 15 is 0 Å². The lowest BCUT2D eigenvalue weighted by atomic mass is 9.96. The molecule has 1 aliphatic heterocycles. The maximum absolute atomic E-state index is 12.9. The first-order chi connectivity index (χ1) is 14.2. The number of rotatable bonds is 5. The molecule has 1 N–H and O–H groups in total. The van der Waals surface area contributed by atoms with E-state index in [0.29, 0.717) is 22.7 Å². The highest BCUT2D eigenvalue weighted by Crippen LogP contribution is 2.36. The summed E-state index contributed by atoms with van der Waals surface area (Å²) in [7, 11) is 0. The van der Waals surface area contributed by atoms with Crippen LogP contribution in [-0.2, 0) is 19.1 Å². The maximum atomic E-state index is 12.9. The molecule has 1 atom stereocenters. The molecule has 2 amide bonds. The second-order valence-electron chi connectivity index (χ2n) is 7.26. The van der Waals surface area contributed by atoms with Gasteiger partial charge < -0.3 is 14.8 Å². The number of esters is 1. The van der Waals surface area contributed by atoms with E-state index in [0.717, 1.165) is 0 Å². The largest absolute Gasteiger partial charge is 0.479 e. The van der Waals surface area contributed by atoms with Crippen molar-refractivity contribution >= 4 is 29.2 Å². The molecule has 0 saturated heterocycles. The minimum atomic E-state index is -1.15. The average molecular weight is 407 g/mol. The number of anilines is 2. The Hall–Kier alpha value is -3.86. The molecule has 8 nitrogen and oxygen atoms in total. The van der Waals surface area contributed by atoms with Crippen LogP contribution in [0.25, 0.3) is 0 Å². The molecule has 0 saturated carbocycles. The van der Waals surface area contributed by atoms with E-state index in [9.17, 15) is 14.4 Å². The van der Waals surface area contributed by atoms with Crippen molar-refractivity contribution < 1.29 is 23.9 Å². The third kappa shape index (κ3) is 4.10. The number of carbonyl (C=O) groups is 3. The second kappa shape index (κ2) is 8.25. The van der Waals surface area contributed by atoms with E-state index in [1.165, 1.54) is 11.8 Å². The molecule has 2 aromatic rings. The fourth-order valence-corrected chi connectivity index (χ4v) is 3.07. The smallest absolute Gasteiger partial charge is 0.347 e. The van der Waals surface area contributed by atoms with Crippen molar-refractivity contribution in [2.75, 3.05) is 16.8 Å². The van der Waals surface area contributed by atoms with E-state index in [2.05, 4.69) is 5.32 Å². The average Bonchev–Trinajstić information content (AvgIpc) is 2.73. The normalized spacial score (nSPS) is 15.3. The molecule has 1 aliphatic rings. The quantitative estimate of drug-likeness (QED) is 0.763. The number of nitrogens with one attached hydrogen (secondary N) is 1. The van der Waals surface area contributed by atoms with E-state index in [4.69, 9.17) is 14.7 Å². The van der Waals surface area contributed by atoms with Gasteiger partial charge in [-0.2, -0.15) is 5.26 Å². The van der Waals surface area contributed by atoms with Crippen LogP contribution >= 0.6 is 0 Å². The Bertz CT molecular complexity index is 1020. The van der Waals surface area contributed by atoms with Gasteiger partial charge in [0, 0.05) is 0 Å². The number of hydrogen-bond acceptors (Lipinski definition) is 6. The van der Waals surface area contributed by atoms with Gasteiger partial charge in [-0.25, -0.2) is 4.79 Å². The van der Waals surface area contributed by atoms with E-state index in [-0.39, 0.29) is 5.91 Å². The van der Waals surface area contributed by atoms with Gasteiger partial charge >= 0.3 is 5.97 Å². The fraction of sp³-hybridized carbons (Fsp3) is 0.273. The van der Waals surface area contributed by atoms with Crippen LogP contribution in [-0.4, -0.2) is 36.0 Å². The number of carbonyl (C=O) groups excluding carboxylic acids is 3. The lowest BCUT2D eigenvalue weighted by Gasteiger charge is -2.41. The zero-order valence-corrected chi connectivity index (χ0v) is 16.8. The molecule has 1 heterocycles. The monoisotopic (exact) mass is 407 g/mol. The Morgan fingerprint density at radius 3 is 2.50 bits per heavy atom. The van der Waals surface area contributed by atoms with Crippen LogP contribution in [0.4, 0.5) is 11.4 Å². The zero-order chi connectivity index (χ0) is 21.9. The molecule has 0 aromatic heterocycles. The summed E-state index contributed by atoms with van der Waals surface area (Å²) >= 11 is 0. The maximum Gasteiger partial charge on any atom is 0.347 e. The molecular formula is C22H21N3O5. The number of fused-ring (bicyclic) bond motifs is 1. The van der Waals surface area contributed by atoms with E-state index in [1.54, 1.807) is 62.4 Å². The Kier molecular flexibility index (Phi) is 5.74. The Labute approximate surface area is 174 Å².